The fourth-order valence-electron chi connectivity index (χ4n) is 0.329. The average molecular weight is 340 g/mol. The van der Waals surface area contributed by atoms with Gasteiger partial charge in [-0.2, -0.15) is 0 Å². The van der Waals surface area contributed by atoms with E-state index in [1.165, 1.54) is 42.3 Å². The molecule has 0 aliphatic heterocycles. The van der Waals surface area contributed by atoms with Crippen LogP contribution in [0, 0.1) is 0 Å². The Morgan fingerprint density at radius 3 is 0.870 bits per heavy atom. The molecule has 0 saturated carbocycles. The number of carbonyl (C=O) groups excluding carboxylic acids is 4. The number of carbonyl (C=O) groups is 4. The molecule has 0 aromatic carbocycles. The number of rotatable bonds is 0. The minimum absolute atomic E-state index is 0.157. The Labute approximate surface area is 136 Å². The molecule has 0 aromatic heterocycles. The van der Waals surface area contributed by atoms with Crippen LogP contribution in [0.5, 0.6) is 0 Å². The van der Waals surface area contributed by atoms with Crippen molar-refractivity contribution in [3.8, 4) is 0 Å². The summed E-state index contributed by atoms with van der Waals surface area (Å²) in [7, 11) is 10.1. The molecular formula is C12H28N4O7. The van der Waals surface area contributed by atoms with Crippen molar-refractivity contribution >= 4 is 24.2 Å². The summed E-state index contributed by atoms with van der Waals surface area (Å²) >= 11 is 0. The summed E-state index contributed by atoms with van der Waals surface area (Å²) in [4.78, 5) is 39.2. The van der Waals surface area contributed by atoms with Gasteiger partial charge in [0.05, 0.1) is 21.3 Å². The average Bonchev–Trinajstić information content (AvgIpc) is 2.60. The molecular weight excluding hydrogens is 312 g/mol. The SMILES string of the molecule is CNC(=O)NC.CNC(=O)OC.CNC(=O)OC.COC(C)=O. The van der Waals surface area contributed by atoms with Gasteiger partial charge in [-0.1, -0.05) is 0 Å². The molecule has 0 bridgehead atoms. The van der Waals surface area contributed by atoms with Gasteiger partial charge in [-0.15, -0.1) is 0 Å². The fraction of sp³-hybridized carbons (Fsp3) is 0.667. The topological polar surface area (TPSA) is 144 Å². The normalized spacial score (nSPS) is 6.96. The minimum Gasteiger partial charge on any atom is -0.469 e. The van der Waals surface area contributed by atoms with Crippen LogP contribution in [-0.4, -0.2) is 73.7 Å². The van der Waals surface area contributed by atoms with E-state index < -0.39 is 12.2 Å². The van der Waals surface area contributed by atoms with E-state index in [-0.39, 0.29) is 12.0 Å². The third-order valence-corrected chi connectivity index (χ3v) is 1.52. The number of hydrogen-bond donors (Lipinski definition) is 4. The van der Waals surface area contributed by atoms with Gasteiger partial charge >= 0.3 is 24.2 Å². The molecule has 23 heavy (non-hydrogen) atoms. The quantitative estimate of drug-likeness (QED) is 0.349. The fourth-order valence-corrected chi connectivity index (χ4v) is 0.329. The maximum atomic E-state index is 9.96. The van der Waals surface area contributed by atoms with Crippen LogP contribution < -0.4 is 21.3 Å². The zero-order chi connectivity index (χ0) is 19.3. The summed E-state index contributed by atoms with van der Waals surface area (Å²) in [6.07, 6.45) is -0.815. The summed E-state index contributed by atoms with van der Waals surface area (Å²) in [5.74, 6) is -0.245. The molecule has 0 aromatic rings. The Morgan fingerprint density at radius 2 is 0.870 bits per heavy atom. The summed E-state index contributed by atoms with van der Waals surface area (Å²) in [6.45, 7) is 1.36. The Balaban J connectivity index is -0.000000105. The molecule has 138 valence electrons. The number of nitrogens with one attached hydrogen (secondary N) is 4. The number of ether oxygens (including phenoxy) is 3. The number of methoxy groups -OCH3 is 3. The first kappa shape index (κ1) is 28.4. The van der Waals surface area contributed by atoms with Crippen molar-refractivity contribution in [3.63, 3.8) is 0 Å². The molecule has 4 N–H and O–H groups in total. The lowest BCUT2D eigenvalue weighted by Gasteiger charge is -1.91. The summed E-state index contributed by atoms with van der Waals surface area (Å²) in [5, 5.41) is 9.24. The first-order chi connectivity index (χ1) is 10.7. The second-order valence-electron chi connectivity index (χ2n) is 3.01. The molecule has 0 atom stereocenters. The molecule has 11 nitrogen and oxygen atoms in total. The highest BCUT2D eigenvalue weighted by molar-refractivity contribution is 5.72. The number of esters is 1. The van der Waals surface area contributed by atoms with Crippen molar-refractivity contribution in [1.82, 2.24) is 21.3 Å². The van der Waals surface area contributed by atoms with E-state index in [1.54, 1.807) is 14.1 Å². The van der Waals surface area contributed by atoms with Gasteiger partial charge in [0, 0.05) is 35.1 Å². The molecule has 0 aliphatic rings. The van der Waals surface area contributed by atoms with Crippen molar-refractivity contribution in [1.29, 1.82) is 0 Å². The highest BCUT2D eigenvalue weighted by atomic mass is 16.5. The molecule has 4 amide bonds. The van der Waals surface area contributed by atoms with E-state index in [0.717, 1.165) is 0 Å². The summed E-state index contributed by atoms with van der Waals surface area (Å²) in [5.41, 5.74) is 0. The zero-order valence-electron chi connectivity index (χ0n) is 14.9. The molecule has 0 rings (SSSR count). The van der Waals surface area contributed by atoms with Crippen molar-refractivity contribution < 1.29 is 33.4 Å². The molecule has 0 spiro atoms. The maximum Gasteiger partial charge on any atom is 0.406 e. The predicted octanol–water partition coefficient (Wildman–Crippen LogP) is -0.331. The van der Waals surface area contributed by atoms with Crippen LogP contribution in [0.15, 0.2) is 0 Å². The first-order valence-electron chi connectivity index (χ1n) is 6.15. The Hall–Kier alpha value is -2.72. The van der Waals surface area contributed by atoms with E-state index >= 15 is 0 Å². The van der Waals surface area contributed by atoms with Crippen molar-refractivity contribution in [2.75, 3.05) is 49.5 Å². The van der Waals surface area contributed by atoms with E-state index in [2.05, 4.69) is 35.5 Å². The van der Waals surface area contributed by atoms with E-state index in [4.69, 9.17) is 0 Å². The molecule has 11 heteroatoms. The van der Waals surface area contributed by atoms with E-state index in [1.807, 2.05) is 0 Å². The van der Waals surface area contributed by atoms with Gasteiger partial charge in [-0.05, 0) is 0 Å². The Kier molecular flexibility index (Phi) is 30.1. The first-order valence-corrected chi connectivity index (χ1v) is 6.15. The van der Waals surface area contributed by atoms with Gasteiger partial charge in [-0.25, -0.2) is 14.4 Å². The maximum absolute atomic E-state index is 9.96. The Bertz CT molecular complexity index is 268. The lowest BCUT2D eigenvalue weighted by Crippen LogP contribution is -2.28. The van der Waals surface area contributed by atoms with Crippen LogP contribution >= 0.6 is 0 Å². The lowest BCUT2D eigenvalue weighted by atomic mass is 10.8. The lowest BCUT2D eigenvalue weighted by molar-refractivity contribution is -0.137. The smallest absolute Gasteiger partial charge is 0.406 e. The molecule has 0 radical (unpaired) electrons. The molecule has 0 heterocycles. The predicted molar refractivity (Wildman–Crippen MR) is 84.1 cm³/mol. The van der Waals surface area contributed by atoms with Gasteiger partial charge in [-0.3, -0.25) is 4.79 Å². The van der Waals surface area contributed by atoms with Crippen LogP contribution in [-0.2, 0) is 19.0 Å². The summed E-state index contributed by atoms with van der Waals surface area (Å²) in [6, 6.07) is -0.157. The van der Waals surface area contributed by atoms with Crippen LogP contribution in [0.2, 0.25) is 0 Å². The molecule has 0 saturated heterocycles. The summed E-state index contributed by atoms with van der Waals surface area (Å²) < 4.78 is 12.4. The second kappa shape index (κ2) is 24.3. The van der Waals surface area contributed by atoms with E-state index in [0.29, 0.717) is 0 Å². The Morgan fingerprint density at radius 1 is 0.609 bits per heavy atom. The van der Waals surface area contributed by atoms with Crippen LogP contribution in [0.4, 0.5) is 14.4 Å². The van der Waals surface area contributed by atoms with Crippen molar-refractivity contribution in [2.45, 2.75) is 6.92 Å². The van der Waals surface area contributed by atoms with Gasteiger partial charge in [0.25, 0.3) is 0 Å². The van der Waals surface area contributed by atoms with E-state index in [9.17, 15) is 19.2 Å². The number of alkyl carbamates (subject to hydrolysis) is 2. The standard InChI is InChI=1S/C3H8N2O.2C3H7NO2.C3H6O2/c1-4-3(6)5-2;2*1-4-3(5)6-2;1-3(4)5-2/h1-2H3,(H2,4,5,6);2*1-2H3,(H,4,5);1-2H3. The highest BCUT2D eigenvalue weighted by Crippen LogP contribution is 1.62. The van der Waals surface area contributed by atoms with Crippen LogP contribution in [0.25, 0.3) is 0 Å². The van der Waals surface area contributed by atoms with Crippen LogP contribution in [0.1, 0.15) is 6.92 Å². The minimum atomic E-state index is -0.407. The number of urea groups is 1. The van der Waals surface area contributed by atoms with Crippen molar-refractivity contribution in [3.05, 3.63) is 0 Å². The molecule has 0 unspecified atom stereocenters. The third-order valence-electron chi connectivity index (χ3n) is 1.52. The zero-order valence-corrected chi connectivity index (χ0v) is 14.9. The third kappa shape index (κ3) is 45.2. The monoisotopic (exact) mass is 340 g/mol. The second-order valence-corrected chi connectivity index (χ2v) is 3.01. The van der Waals surface area contributed by atoms with Gasteiger partial charge in [0.1, 0.15) is 0 Å². The largest absolute Gasteiger partial charge is 0.469 e. The number of hydrogen-bond acceptors (Lipinski definition) is 7. The number of amides is 4. The van der Waals surface area contributed by atoms with Gasteiger partial charge in [0.15, 0.2) is 0 Å². The van der Waals surface area contributed by atoms with Gasteiger partial charge < -0.3 is 35.5 Å². The highest BCUT2D eigenvalue weighted by Gasteiger charge is 1.85. The molecule has 0 aliphatic carbocycles. The van der Waals surface area contributed by atoms with Crippen LogP contribution in [0.3, 0.4) is 0 Å². The molecule has 0 fully saturated rings. The van der Waals surface area contributed by atoms with Crippen molar-refractivity contribution in [2.24, 2.45) is 0 Å². The van der Waals surface area contributed by atoms with Gasteiger partial charge in [0.2, 0.25) is 0 Å².